The van der Waals surface area contributed by atoms with E-state index in [1.54, 1.807) is 0 Å². The second kappa shape index (κ2) is 7.99. The number of hydrogen-bond acceptors (Lipinski definition) is 3. The van der Waals surface area contributed by atoms with Gasteiger partial charge in [0, 0.05) is 12.8 Å². The van der Waals surface area contributed by atoms with Crippen molar-refractivity contribution in [2.24, 2.45) is 5.92 Å². The Labute approximate surface area is 133 Å². The molecule has 0 aliphatic rings. The number of ether oxygens (including phenoxy) is 1. The van der Waals surface area contributed by atoms with E-state index in [0.29, 0.717) is 0 Å². The fourth-order valence-electron chi connectivity index (χ4n) is 2.15. The van der Waals surface area contributed by atoms with E-state index < -0.39 is 29.7 Å². The smallest absolute Gasteiger partial charge is 0.416 e. The van der Waals surface area contributed by atoms with E-state index >= 15 is 0 Å². The number of benzene rings is 1. The molecule has 0 spiro atoms. The van der Waals surface area contributed by atoms with Gasteiger partial charge in [-0.15, -0.1) is 0 Å². The zero-order valence-electron chi connectivity index (χ0n) is 13.2. The molecule has 1 N–H and O–H groups in total. The molecule has 23 heavy (non-hydrogen) atoms. The Morgan fingerprint density at radius 3 is 2.35 bits per heavy atom. The van der Waals surface area contributed by atoms with Gasteiger partial charge in [-0.3, -0.25) is 4.79 Å². The quantitative estimate of drug-likeness (QED) is 0.816. The number of nitrogens with one attached hydrogen (secondary N) is 1. The third-order valence-electron chi connectivity index (χ3n) is 3.16. The standard InChI is InChI=1S/C16H20F3NO3/c1-10(2)8-14(21)20-13(15(22)23-3)9-11-6-4-5-7-12(11)16(17,18)19/h4-7,10,13H,8-9H2,1-3H3,(H,20,21)/t13-/m0/s1. The molecular formula is C16H20F3NO3. The molecule has 0 unspecified atom stereocenters. The lowest BCUT2D eigenvalue weighted by atomic mass is 9.99. The Balaban J connectivity index is 2.99. The van der Waals surface area contributed by atoms with E-state index in [-0.39, 0.29) is 24.3 Å². The summed E-state index contributed by atoms with van der Waals surface area (Å²) in [5.41, 5.74) is -0.896. The Morgan fingerprint density at radius 1 is 1.22 bits per heavy atom. The summed E-state index contributed by atoms with van der Waals surface area (Å²) in [7, 11) is 1.12. The number of halogens is 3. The minimum absolute atomic E-state index is 0.0655. The molecule has 1 amide bonds. The van der Waals surface area contributed by atoms with Crippen molar-refractivity contribution in [3.05, 3.63) is 35.4 Å². The van der Waals surface area contributed by atoms with Gasteiger partial charge in [0.15, 0.2) is 0 Å². The summed E-state index contributed by atoms with van der Waals surface area (Å²) < 4.78 is 43.6. The van der Waals surface area contributed by atoms with E-state index in [9.17, 15) is 22.8 Å². The zero-order chi connectivity index (χ0) is 17.6. The van der Waals surface area contributed by atoms with Crippen LogP contribution < -0.4 is 5.32 Å². The topological polar surface area (TPSA) is 55.4 Å². The lowest BCUT2D eigenvalue weighted by molar-refractivity contribution is -0.145. The first-order chi connectivity index (χ1) is 10.6. The number of alkyl halides is 3. The van der Waals surface area contributed by atoms with Crippen molar-refractivity contribution in [2.45, 2.75) is 38.9 Å². The summed E-state index contributed by atoms with van der Waals surface area (Å²) >= 11 is 0. The molecule has 0 saturated carbocycles. The molecule has 4 nitrogen and oxygen atoms in total. The van der Waals surface area contributed by atoms with Gasteiger partial charge in [0.1, 0.15) is 6.04 Å². The van der Waals surface area contributed by atoms with Crippen LogP contribution in [-0.2, 0) is 26.9 Å². The van der Waals surface area contributed by atoms with Crippen molar-refractivity contribution in [1.82, 2.24) is 5.32 Å². The predicted molar refractivity (Wildman–Crippen MR) is 78.5 cm³/mol. The molecule has 0 fully saturated rings. The number of methoxy groups -OCH3 is 1. The third-order valence-corrected chi connectivity index (χ3v) is 3.16. The largest absolute Gasteiger partial charge is 0.467 e. The number of carbonyl (C=O) groups is 2. The highest BCUT2D eigenvalue weighted by molar-refractivity contribution is 5.84. The van der Waals surface area contributed by atoms with E-state index in [4.69, 9.17) is 0 Å². The molecule has 7 heteroatoms. The fourth-order valence-corrected chi connectivity index (χ4v) is 2.15. The van der Waals surface area contributed by atoms with Gasteiger partial charge in [0.2, 0.25) is 5.91 Å². The van der Waals surface area contributed by atoms with Crippen LogP contribution in [0.1, 0.15) is 31.4 Å². The van der Waals surface area contributed by atoms with Gasteiger partial charge in [-0.05, 0) is 17.5 Å². The summed E-state index contributed by atoms with van der Waals surface area (Å²) in [6, 6.07) is 3.80. The zero-order valence-corrected chi connectivity index (χ0v) is 13.2. The van der Waals surface area contributed by atoms with Crippen LogP contribution in [0.5, 0.6) is 0 Å². The highest BCUT2D eigenvalue weighted by Gasteiger charge is 2.34. The van der Waals surface area contributed by atoms with Crippen molar-refractivity contribution in [3.63, 3.8) is 0 Å². The van der Waals surface area contributed by atoms with Gasteiger partial charge in [-0.25, -0.2) is 4.79 Å². The third kappa shape index (κ3) is 5.92. The molecule has 1 rings (SSSR count). The maximum atomic E-state index is 13.0. The van der Waals surface area contributed by atoms with Crippen molar-refractivity contribution < 1.29 is 27.5 Å². The van der Waals surface area contributed by atoms with Crippen LogP contribution in [0.2, 0.25) is 0 Å². The monoisotopic (exact) mass is 331 g/mol. The van der Waals surface area contributed by atoms with Crippen LogP contribution in [0.25, 0.3) is 0 Å². The van der Waals surface area contributed by atoms with Gasteiger partial charge in [0.05, 0.1) is 12.7 Å². The molecule has 0 radical (unpaired) electrons. The molecular weight excluding hydrogens is 311 g/mol. The lowest BCUT2D eigenvalue weighted by Gasteiger charge is -2.19. The second-order valence-electron chi connectivity index (χ2n) is 5.60. The minimum Gasteiger partial charge on any atom is -0.467 e. The van der Waals surface area contributed by atoms with E-state index in [1.807, 2.05) is 13.8 Å². The first-order valence-electron chi connectivity index (χ1n) is 7.17. The van der Waals surface area contributed by atoms with Crippen molar-refractivity contribution in [3.8, 4) is 0 Å². The average molecular weight is 331 g/mol. The van der Waals surface area contributed by atoms with E-state index in [2.05, 4.69) is 10.1 Å². The molecule has 1 atom stereocenters. The van der Waals surface area contributed by atoms with E-state index in [0.717, 1.165) is 13.2 Å². The van der Waals surface area contributed by atoms with Crippen LogP contribution in [0, 0.1) is 5.92 Å². The molecule has 0 bridgehead atoms. The van der Waals surface area contributed by atoms with Crippen LogP contribution in [0.4, 0.5) is 13.2 Å². The van der Waals surface area contributed by atoms with Gasteiger partial charge < -0.3 is 10.1 Å². The Bertz CT molecular complexity index is 556. The van der Waals surface area contributed by atoms with Crippen LogP contribution in [0.3, 0.4) is 0 Å². The molecule has 0 heterocycles. The summed E-state index contributed by atoms with van der Waals surface area (Å²) in [5.74, 6) is -1.12. The Kier molecular flexibility index (Phi) is 6.60. The number of esters is 1. The number of amides is 1. The van der Waals surface area contributed by atoms with Crippen molar-refractivity contribution in [2.75, 3.05) is 7.11 Å². The number of rotatable bonds is 6. The average Bonchev–Trinajstić information content (AvgIpc) is 2.44. The second-order valence-corrected chi connectivity index (χ2v) is 5.60. The minimum atomic E-state index is -4.53. The highest BCUT2D eigenvalue weighted by Crippen LogP contribution is 2.32. The maximum absolute atomic E-state index is 13.0. The predicted octanol–water partition coefficient (Wildman–Crippen LogP) is 2.95. The fraction of sp³-hybridized carbons (Fsp3) is 0.500. The van der Waals surface area contributed by atoms with Gasteiger partial charge >= 0.3 is 12.1 Å². The van der Waals surface area contributed by atoms with Crippen molar-refractivity contribution in [1.29, 1.82) is 0 Å². The molecule has 128 valence electrons. The molecule has 1 aromatic carbocycles. The SMILES string of the molecule is COC(=O)[C@H](Cc1ccccc1C(F)(F)F)NC(=O)CC(C)C. The first-order valence-corrected chi connectivity index (χ1v) is 7.17. The molecule has 0 aromatic heterocycles. The highest BCUT2D eigenvalue weighted by atomic mass is 19.4. The summed E-state index contributed by atoms with van der Waals surface area (Å²) in [4.78, 5) is 23.6. The molecule has 0 aliphatic carbocycles. The van der Waals surface area contributed by atoms with Crippen molar-refractivity contribution >= 4 is 11.9 Å². The Hall–Kier alpha value is -2.05. The van der Waals surface area contributed by atoms with Gasteiger partial charge in [-0.1, -0.05) is 32.0 Å². The van der Waals surface area contributed by atoms with Gasteiger partial charge in [0.25, 0.3) is 0 Å². The number of hydrogen-bond donors (Lipinski definition) is 1. The first kappa shape index (κ1) is 19.0. The summed E-state index contributed by atoms with van der Waals surface area (Å²) in [6.45, 7) is 3.65. The molecule has 1 aromatic rings. The number of carbonyl (C=O) groups excluding carboxylic acids is 2. The lowest BCUT2D eigenvalue weighted by Crippen LogP contribution is -2.43. The maximum Gasteiger partial charge on any atom is 0.416 e. The van der Waals surface area contributed by atoms with Crippen LogP contribution in [-0.4, -0.2) is 25.0 Å². The van der Waals surface area contributed by atoms with Crippen LogP contribution >= 0.6 is 0 Å². The van der Waals surface area contributed by atoms with Gasteiger partial charge in [-0.2, -0.15) is 13.2 Å². The normalized spacial score (nSPS) is 12.8. The molecule has 0 aliphatic heterocycles. The summed E-state index contributed by atoms with van der Waals surface area (Å²) in [6.07, 6.45) is -4.64. The van der Waals surface area contributed by atoms with E-state index in [1.165, 1.54) is 18.2 Å². The van der Waals surface area contributed by atoms with Crippen LogP contribution in [0.15, 0.2) is 24.3 Å². The molecule has 0 saturated heterocycles. The summed E-state index contributed by atoms with van der Waals surface area (Å²) in [5, 5.41) is 2.45. The Morgan fingerprint density at radius 2 is 1.83 bits per heavy atom.